The number of thiocarbonyl (C=S) groups is 1. The molecule has 0 aliphatic heterocycles. The number of aromatic nitrogens is 1. The van der Waals surface area contributed by atoms with Crippen LogP contribution in [0.3, 0.4) is 0 Å². The lowest BCUT2D eigenvalue weighted by atomic mass is 10.1. The van der Waals surface area contributed by atoms with Crippen LogP contribution in [0.2, 0.25) is 0 Å². The van der Waals surface area contributed by atoms with E-state index < -0.39 is 0 Å². The second-order valence-corrected chi connectivity index (χ2v) is 8.00. The van der Waals surface area contributed by atoms with Gasteiger partial charge >= 0.3 is 0 Å². The highest BCUT2D eigenvalue weighted by Crippen LogP contribution is 2.26. The van der Waals surface area contributed by atoms with E-state index in [1.165, 1.54) is 0 Å². The molecule has 0 amide bonds. The second-order valence-electron chi connectivity index (χ2n) is 6.74. The molecular formula is C23H22BrN2OS+. The van der Waals surface area contributed by atoms with Gasteiger partial charge in [0.15, 0.2) is 23.1 Å². The Morgan fingerprint density at radius 3 is 2.46 bits per heavy atom. The van der Waals surface area contributed by atoms with Gasteiger partial charge in [-0.3, -0.25) is 0 Å². The minimum Gasteiger partial charge on any atom is -0.502 e. The van der Waals surface area contributed by atoms with Crippen molar-refractivity contribution in [3.8, 4) is 0 Å². The van der Waals surface area contributed by atoms with Gasteiger partial charge in [0.05, 0.1) is 0 Å². The SMILES string of the molecule is Cc1ccc(C)c(NC(=S)/C(=C(\O)c2ccccc2Br)[n+]2cccc(C)c2)c1. The zero-order chi connectivity index (χ0) is 20.3. The lowest BCUT2D eigenvalue weighted by Crippen LogP contribution is -2.38. The van der Waals surface area contributed by atoms with Crippen molar-refractivity contribution in [1.82, 2.24) is 0 Å². The van der Waals surface area contributed by atoms with E-state index >= 15 is 0 Å². The quantitative estimate of drug-likeness (QED) is 0.220. The zero-order valence-electron chi connectivity index (χ0n) is 16.0. The van der Waals surface area contributed by atoms with Crippen LogP contribution in [0.1, 0.15) is 22.3 Å². The van der Waals surface area contributed by atoms with Crippen LogP contribution in [0.15, 0.2) is 71.5 Å². The van der Waals surface area contributed by atoms with Crippen LogP contribution < -0.4 is 9.88 Å². The van der Waals surface area contributed by atoms with Crippen molar-refractivity contribution in [2.75, 3.05) is 5.32 Å². The predicted octanol–water partition coefficient (Wildman–Crippen LogP) is 5.99. The maximum Gasteiger partial charge on any atom is 0.288 e. The molecule has 0 bridgehead atoms. The van der Waals surface area contributed by atoms with Gasteiger partial charge in [0.2, 0.25) is 0 Å². The van der Waals surface area contributed by atoms with E-state index in [-0.39, 0.29) is 5.76 Å². The van der Waals surface area contributed by atoms with Crippen molar-refractivity contribution in [2.45, 2.75) is 20.8 Å². The fourth-order valence-electron chi connectivity index (χ4n) is 2.91. The number of hydrogen-bond acceptors (Lipinski definition) is 2. The first-order valence-electron chi connectivity index (χ1n) is 8.92. The Kier molecular flexibility index (Phi) is 6.27. The molecule has 5 heteroatoms. The molecule has 2 aromatic carbocycles. The third-order valence-corrected chi connectivity index (χ3v) is 5.40. The minimum atomic E-state index is 0.103. The van der Waals surface area contributed by atoms with Crippen molar-refractivity contribution < 1.29 is 9.67 Å². The Morgan fingerprint density at radius 2 is 1.75 bits per heavy atom. The van der Waals surface area contributed by atoms with E-state index in [1.807, 2.05) is 74.1 Å². The van der Waals surface area contributed by atoms with E-state index in [9.17, 15) is 5.11 Å². The molecule has 1 aromatic heterocycles. The maximum absolute atomic E-state index is 11.2. The van der Waals surface area contributed by atoms with Gasteiger partial charge in [-0.1, -0.05) is 52.4 Å². The first-order chi connectivity index (χ1) is 13.4. The van der Waals surface area contributed by atoms with E-state index in [2.05, 4.69) is 39.4 Å². The van der Waals surface area contributed by atoms with Crippen LogP contribution in [-0.2, 0) is 0 Å². The normalized spacial score (nSPS) is 11.7. The molecule has 0 aliphatic rings. The molecule has 28 heavy (non-hydrogen) atoms. The molecule has 0 unspecified atom stereocenters. The van der Waals surface area contributed by atoms with E-state index in [0.29, 0.717) is 16.2 Å². The van der Waals surface area contributed by atoms with Crippen LogP contribution in [0, 0.1) is 20.8 Å². The first kappa shape index (κ1) is 20.2. The van der Waals surface area contributed by atoms with E-state index in [1.54, 1.807) is 0 Å². The molecule has 0 aliphatic carbocycles. The fourth-order valence-corrected chi connectivity index (χ4v) is 3.70. The summed E-state index contributed by atoms with van der Waals surface area (Å²) in [7, 11) is 0. The molecule has 3 nitrogen and oxygen atoms in total. The van der Waals surface area contributed by atoms with Crippen molar-refractivity contribution in [3.05, 3.63) is 93.7 Å². The van der Waals surface area contributed by atoms with Gasteiger partial charge in [-0.15, -0.1) is 0 Å². The van der Waals surface area contributed by atoms with Gasteiger partial charge in [-0.05, 0) is 56.2 Å². The number of halogens is 1. The molecule has 0 radical (unpaired) electrons. The summed E-state index contributed by atoms with van der Waals surface area (Å²) < 4.78 is 2.65. The summed E-state index contributed by atoms with van der Waals surface area (Å²) >= 11 is 9.26. The number of aliphatic hydroxyl groups excluding tert-OH is 1. The van der Waals surface area contributed by atoms with Crippen LogP contribution in [0.4, 0.5) is 5.69 Å². The monoisotopic (exact) mass is 453 g/mol. The van der Waals surface area contributed by atoms with Gasteiger partial charge < -0.3 is 10.4 Å². The molecule has 1 heterocycles. The molecule has 0 saturated heterocycles. The van der Waals surface area contributed by atoms with Gasteiger partial charge in [0.1, 0.15) is 0 Å². The average Bonchev–Trinajstić information content (AvgIpc) is 2.65. The van der Waals surface area contributed by atoms with Crippen molar-refractivity contribution >= 4 is 50.3 Å². The standard InChI is InChI=1S/C23H21BrN2OS/c1-15-10-11-17(3)20(13-15)25-23(28)21(26-12-6-7-16(2)14-26)22(27)18-8-4-5-9-19(18)24/h4-14H,1-3H3,(H-,25,27,28)/p+1. The number of hydrogen-bond donors (Lipinski definition) is 2. The number of benzene rings is 2. The van der Waals surface area contributed by atoms with Crippen LogP contribution in [-0.4, -0.2) is 10.1 Å². The molecular weight excluding hydrogens is 432 g/mol. The Balaban J connectivity index is 2.14. The Hall–Kier alpha value is -2.50. The molecule has 2 N–H and O–H groups in total. The molecule has 3 rings (SSSR count). The predicted molar refractivity (Wildman–Crippen MR) is 123 cm³/mol. The highest BCUT2D eigenvalue weighted by Gasteiger charge is 2.25. The van der Waals surface area contributed by atoms with Gasteiger partial charge in [-0.25, -0.2) is 0 Å². The molecule has 0 fully saturated rings. The summed E-state index contributed by atoms with van der Waals surface area (Å²) in [5.74, 6) is 0.103. The largest absolute Gasteiger partial charge is 0.502 e. The van der Waals surface area contributed by atoms with E-state index in [0.717, 1.165) is 26.9 Å². The number of nitrogens with one attached hydrogen (secondary N) is 1. The summed E-state index contributed by atoms with van der Waals surface area (Å²) in [6.07, 6.45) is 3.83. The lowest BCUT2D eigenvalue weighted by Gasteiger charge is -2.13. The van der Waals surface area contributed by atoms with Crippen molar-refractivity contribution in [2.24, 2.45) is 0 Å². The Morgan fingerprint density at radius 1 is 1.00 bits per heavy atom. The summed E-state index contributed by atoms with van der Waals surface area (Å²) in [5.41, 5.74) is 5.41. The van der Waals surface area contributed by atoms with Crippen molar-refractivity contribution in [3.63, 3.8) is 0 Å². The van der Waals surface area contributed by atoms with Crippen LogP contribution in [0.25, 0.3) is 11.5 Å². The Bertz CT molecular complexity index is 1080. The van der Waals surface area contributed by atoms with Crippen LogP contribution in [0.5, 0.6) is 0 Å². The molecule has 3 aromatic rings. The third kappa shape index (κ3) is 4.49. The second kappa shape index (κ2) is 8.67. The topological polar surface area (TPSA) is 36.1 Å². The summed E-state index contributed by atoms with van der Waals surface area (Å²) in [4.78, 5) is 0.442. The fraction of sp³-hybridized carbons (Fsp3) is 0.130. The number of aliphatic hydroxyl groups is 1. The highest BCUT2D eigenvalue weighted by molar-refractivity contribution is 9.10. The molecule has 0 spiro atoms. The van der Waals surface area contributed by atoms with Gasteiger partial charge in [0, 0.05) is 27.4 Å². The summed E-state index contributed by atoms with van der Waals surface area (Å²) in [6, 6.07) is 17.7. The third-order valence-electron chi connectivity index (χ3n) is 4.42. The highest BCUT2D eigenvalue weighted by atomic mass is 79.9. The minimum absolute atomic E-state index is 0.103. The average molecular weight is 454 g/mol. The molecule has 0 saturated carbocycles. The maximum atomic E-state index is 11.2. The smallest absolute Gasteiger partial charge is 0.288 e. The number of aryl methyl sites for hydroxylation is 3. The van der Waals surface area contributed by atoms with E-state index in [4.69, 9.17) is 12.2 Å². The Labute approximate surface area is 179 Å². The summed E-state index contributed by atoms with van der Waals surface area (Å²) in [5, 5.41) is 14.5. The first-order valence-corrected chi connectivity index (χ1v) is 10.1. The molecule has 0 atom stereocenters. The number of anilines is 1. The van der Waals surface area contributed by atoms with Gasteiger partial charge in [-0.2, -0.15) is 4.57 Å². The number of rotatable bonds is 4. The van der Waals surface area contributed by atoms with Crippen LogP contribution >= 0.6 is 28.1 Å². The number of nitrogens with zero attached hydrogens (tertiary/aromatic N) is 1. The van der Waals surface area contributed by atoms with Gasteiger partial charge in [0.25, 0.3) is 5.70 Å². The lowest BCUT2D eigenvalue weighted by molar-refractivity contribution is -0.576. The summed E-state index contributed by atoms with van der Waals surface area (Å²) in [6.45, 7) is 6.07. The zero-order valence-corrected chi connectivity index (χ0v) is 18.4. The molecule has 142 valence electrons. The number of pyridine rings is 1. The van der Waals surface area contributed by atoms with Crippen molar-refractivity contribution in [1.29, 1.82) is 0 Å².